The number of hydrogen-bond acceptors (Lipinski definition) is 4. The van der Waals surface area contributed by atoms with E-state index in [4.69, 9.17) is 9.47 Å². The fraction of sp³-hybridized carbons (Fsp3) is 0.391. The maximum atomic E-state index is 12.8. The summed E-state index contributed by atoms with van der Waals surface area (Å²) in [7, 11) is 0. The number of anilines is 1. The first-order valence-corrected chi connectivity index (χ1v) is 9.63. The summed E-state index contributed by atoms with van der Waals surface area (Å²) >= 11 is 0. The number of benzene rings is 2. The number of aryl methyl sites for hydroxylation is 2. The third kappa shape index (κ3) is 7.95. The quantitative estimate of drug-likeness (QED) is 0.727. The smallest absolute Gasteiger partial charge is 0.408 e. The molecule has 2 N–H and O–H groups in total. The molecule has 29 heavy (non-hydrogen) atoms. The Labute approximate surface area is 172 Å². The molecule has 0 bridgehead atoms. The summed E-state index contributed by atoms with van der Waals surface area (Å²) in [6.45, 7) is 9.64. The number of rotatable bonds is 7. The van der Waals surface area contributed by atoms with Gasteiger partial charge in [0, 0.05) is 5.69 Å². The van der Waals surface area contributed by atoms with Gasteiger partial charge >= 0.3 is 6.09 Å². The fourth-order valence-electron chi connectivity index (χ4n) is 2.55. The zero-order chi connectivity index (χ0) is 21.4. The van der Waals surface area contributed by atoms with E-state index < -0.39 is 17.7 Å². The van der Waals surface area contributed by atoms with Crippen molar-refractivity contribution in [3.63, 3.8) is 0 Å². The van der Waals surface area contributed by atoms with E-state index in [-0.39, 0.29) is 12.5 Å². The molecule has 0 saturated carbocycles. The predicted octanol–water partition coefficient (Wildman–Crippen LogP) is 4.35. The van der Waals surface area contributed by atoms with Gasteiger partial charge in [-0.1, -0.05) is 36.4 Å². The summed E-state index contributed by atoms with van der Waals surface area (Å²) in [4.78, 5) is 25.0. The molecule has 0 heterocycles. The van der Waals surface area contributed by atoms with Gasteiger partial charge in [0.25, 0.3) is 0 Å². The minimum absolute atomic E-state index is 0.0187. The third-order valence-electron chi connectivity index (χ3n) is 4.18. The number of carbonyl (C=O) groups excluding carboxylic acids is 2. The Kier molecular flexibility index (Phi) is 7.79. The van der Waals surface area contributed by atoms with Crippen molar-refractivity contribution < 1.29 is 19.1 Å². The molecule has 2 aromatic carbocycles. The van der Waals surface area contributed by atoms with Crippen LogP contribution in [0.1, 0.15) is 37.5 Å². The molecule has 0 spiro atoms. The lowest BCUT2D eigenvalue weighted by Crippen LogP contribution is -2.48. The highest BCUT2D eigenvalue weighted by Gasteiger charge is 2.25. The van der Waals surface area contributed by atoms with Crippen molar-refractivity contribution >= 4 is 17.7 Å². The molecule has 2 amide bonds. The Morgan fingerprint density at radius 3 is 2.31 bits per heavy atom. The molecule has 156 valence electrons. The van der Waals surface area contributed by atoms with Gasteiger partial charge in [-0.05, 0) is 63.4 Å². The molecule has 0 aliphatic heterocycles. The zero-order valence-corrected chi connectivity index (χ0v) is 17.7. The van der Waals surface area contributed by atoms with Crippen LogP contribution in [0.5, 0.6) is 0 Å². The maximum Gasteiger partial charge on any atom is 0.408 e. The van der Waals surface area contributed by atoms with Crippen LogP contribution in [0.15, 0.2) is 48.5 Å². The summed E-state index contributed by atoms with van der Waals surface area (Å²) in [6.07, 6.45) is -0.666. The molecule has 6 heteroatoms. The molecular formula is C23H30N2O4. The van der Waals surface area contributed by atoms with E-state index in [2.05, 4.69) is 10.6 Å². The van der Waals surface area contributed by atoms with Gasteiger partial charge in [-0.2, -0.15) is 0 Å². The van der Waals surface area contributed by atoms with Gasteiger partial charge in [0.1, 0.15) is 11.6 Å². The van der Waals surface area contributed by atoms with Crippen molar-refractivity contribution in [2.75, 3.05) is 11.9 Å². The number of carbonyl (C=O) groups is 2. The summed E-state index contributed by atoms with van der Waals surface area (Å²) in [5, 5.41) is 5.45. The molecule has 0 aromatic heterocycles. The molecular weight excluding hydrogens is 368 g/mol. The Bertz CT molecular complexity index is 829. The number of ether oxygens (including phenoxy) is 2. The minimum Gasteiger partial charge on any atom is -0.444 e. The largest absolute Gasteiger partial charge is 0.444 e. The monoisotopic (exact) mass is 398 g/mol. The second kappa shape index (κ2) is 10.1. The minimum atomic E-state index is -0.893. The molecule has 0 aliphatic carbocycles. The average molecular weight is 399 g/mol. The van der Waals surface area contributed by atoms with Gasteiger partial charge in [0.05, 0.1) is 13.2 Å². The highest BCUT2D eigenvalue weighted by molar-refractivity contribution is 5.96. The standard InChI is InChI=1S/C23H30N2O4/c1-16-11-12-19(13-17(16)2)24-21(26)20(25-22(27)29-23(3,4)5)15-28-14-18-9-7-6-8-10-18/h6-13,20H,14-15H2,1-5H3,(H,24,26)(H,25,27). The molecule has 2 aromatic rings. The van der Waals surface area contributed by atoms with Crippen molar-refractivity contribution in [3.8, 4) is 0 Å². The van der Waals surface area contributed by atoms with E-state index in [1.165, 1.54) is 0 Å². The molecule has 1 atom stereocenters. The molecule has 6 nitrogen and oxygen atoms in total. The van der Waals surface area contributed by atoms with Crippen LogP contribution in [0.2, 0.25) is 0 Å². The van der Waals surface area contributed by atoms with Crippen LogP contribution in [0.4, 0.5) is 10.5 Å². The van der Waals surface area contributed by atoms with E-state index in [1.54, 1.807) is 20.8 Å². The van der Waals surface area contributed by atoms with Gasteiger partial charge in [-0.15, -0.1) is 0 Å². The topological polar surface area (TPSA) is 76.7 Å². The lowest BCUT2D eigenvalue weighted by atomic mass is 10.1. The SMILES string of the molecule is Cc1ccc(NC(=O)C(COCc2ccccc2)NC(=O)OC(C)(C)C)cc1C. The van der Waals surface area contributed by atoms with Crippen LogP contribution in [-0.4, -0.2) is 30.3 Å². The summed E-state index contributed by atoms with van der Waals surface area (Å²) in [5.41, 5.74) is 3.19. The molecule has 0 radical (unpaired) electrons. The van der Waals surface area contributed by atoms with Gasteiger partial charge in [0.2, 0.25) is 5.91 Å². The van der Waals surface area contributed by atoms with Crippen LogP contribution < -0.4 is 10.6 Å². The molecule has 2 rings (SSSR count). The van der Waals surface area contributed by atoms with Crippen molar-refractivity contribution in [2.45, 2.75) is 52.9 Å². The van der Waals surface area contributed by atoms with E-state index in [1.807, 2.05) is 62.4 Å². The van der Waals surface area contributed by atoms with Crippen molar-refractivity contribution in [1.82, 2.24) is 5.32 Å². The first-order chi connectivity index (χ1) is 13.6. The zero-order valence-electron chi connectivity index (χ0n) is 17.7. The number of nitrogens with one attached hydrogen (secondary N) is 2. The fourth-order valence-corrected chi connectivity index (χ4v) is 2.55. The lowest BCUT2D eigenvalue weighted by Gasteiger charge is -2.23. The third-order valence-corrected chi connectivity index (χ3v) is 4.18. The van der Waals surface area contributed by atoms with E-state index in [0.717, 1.165) is 16.7 Å². The summed E-state index contributed by atoms with van der Waals surface area (Å²) < 4.78 is 11.0. The lowest BCUT2D eigenvalue weighted by molar-refractivity contribution is -0.119. The van der Waals surface area contributed by atoms with Gasteiger partial charge in [0.15, 0.2) is 0 Å². The van der Waals surface area contributed by atoms with Crippen molar-refractivity contribution in [3.05, 3.63) is 65.2 Å². The second-order valence-electron chi connectivity index (χ2n) is 7.99. The molecule has 0 saturated heterocycles. The number of hydrogen-bond donors (Lipinski definition) is 2. The predicted molar refractivity (Wildman–Crippen MR) is 114 cm³/mol. The Hall–Kier alpha value is -2.86. The summed E-state index contributed by atoms with van der Waals surface area (Å²) in [5.74, 6) is -0.368. The van der Waals surface area contributed by atoms with Crippen LogP contribution in [0.25, 0.3) is 0 Å². The maximum absolute atomic E-state index is 12.8. The Morgan fingerprint density at radius 1 is 1.00 bits per heavy atom. The van der Waals surface area contributed by atoms with E-state index in [0.29, 0.717) is 12.3 Å². The average Bonchev–Trinajstić information content (AvgIpc) is 2.63. The normalized spacial score (nSPS) is 12.2. The molecule has 0 aliphatic rings. The van der Waals surface area contributed by atoms with Crippen LogP contribution in [0, 0.1) is 13.8 Å². The van der Waals surface area contributed by atoms with E-state index >= 15 is 0 Å². The highest BCUT2D eigenvalue weighted by atomic mass is 16.6. The summed E-state index contributed by atoms with van der Waals surface area (Å²) in [6, 6.07) is 14.4. The van der Waals surface area contributed by atoms with Gasteiger partial charge in [-0.25, -0.2) is 4.79 Å². The van der Waals surface area contributed by atoms with Crippen LogP contribution >= 0.6 is 0 Å². The first kappa shape index (κ1) is 22.4. The van der Waals surface area contributed by atoms with Gasteiger partial charge in [-0.3, -0.25) is 4.79 Å². The van der Waals surface area contributed by atoms with E-state index in [9.17, 15) is 9.59 Å². The second-order valence-corrected chi connectivity index (χ2v) is 7.99. The van der Waals surface area contributed by atoms with Crippen molar-refractivity contribution in [2.24, 2.45) is 0 Å². The van der Waals surface area contributed by atoms with Gasteiger partial charge < -0.3 is 20.1 Å². The molecule has 0 fully saturated rings. The Morgan fingerprint density at radius 2 is 1.69 bits per heavy atom. The van der Waals surface area contributed by atoms with Crippen molar-refractivity contribution in [1.29, 1.82) is 0 Å². The highest BCUT2D eigenvalue weighted by Crippen LogP contribution is 2.15. The molecule has 1 unspecified atom stereocenters. The first-order valence-electron chi connectivity index (χ1n) is 9.63. The number of amides is 2. The Balaban J connectivity index is 2.03. The van der Waals surface area contributed by atoms with Crippen LogP contribution in [-0.2, 0) is 20.9 Å². The van der Waals surface area contributed by atoms with Crippen LogP contribution in [0.3, 0.4) is 0 Å². The number of alkyl carbamates (subject to hydrolysis) is 1.